The summed E-state index contributed by atoms with van der Waals surface area (Å²) < 4.78 is 0. The fraction of sp³-hybridized carbons (Fsp3) is 0.250. The van der Waals surface area contributed by atoms with Crippen LogP contribution < -0.4 is 0 Å². The highest BCUT2D eigenvalue weighted by Gasteiger charge is 2.46. The third kappa shape index (κ3) is 3.23. The lowest BCUT2D eigenvalue weighted by atomic mass is 9.98. The molecule has 3 rings (SSSR count). The van der Waals surface area contributed by atoms with Crippen LogP contribution in [0.2, 0.25) is 0 Å². The summed E-state index contributed by atoms with van der Waals surface area (Å²) in [4.78, 5) is 30.7. The number of aliphatic hydroxyl groups is 2. The van der Waals surface area contributed by atoms with Crippen LogP contribution in [0.3, 0.4) is 0 Å². The van der Waals surface area contributed by atoms with Crippen molar-refractivity contribution < 1.29 is 19.8 Å². The second-order valence-corrected chi connectivity index (χ2v) is 6.42. The van der Waals surface area contributed by atoms with Crippen molar-refractivity contribution >= 4 is 17.4 Å². The molecule has 2 atom stereocenters. The van der Waals surface area contributed by atoms with Crippen molar-refractivity contribution in [2.45, 2.75) is 26.0 Å². The molecule has 0 bridgehead atoms. The minimum Gasteiger partial charge on any atom is -0.507 e. The predicted molar refractivity (Wildman–Crippen MR) is 96.1 cm³/mol. The summed E-state index contributed by atoms with van der Waals surface area (Å²) in [6, 6.07) is 11.3. The van der Waals surface area contributed by atoms with Crippen molar-refractivity contribution in [3.05, 3.63) is 71.1 Å². The van der Waals surface area contributed by atoms with Crippen LogP contribution in [0.5, 0.6) is 0 Å². The van der Waals surface area contributed by atoms with Gasteiger partial charge >= 0.3 is 0 Å². The average Bonchev–Trinajstić information content (AvgIpc) is 2.87. The molecule has 1 fully saturated rings. The number of aryl methyl sites for hydroxylation is 1. The quantitative estimate of drug-likeness (QED) is 0.500. The molecule has 1 aliphatic heterocycles. The van der Waals surface area contributed by atoms with Crippen molar-refractivity contribution in [3.8, 4) is 0 Å². The molecule has 0 radical (unpaired) electrons. The Balaban J connectivity index is 2.17. The SMILES string of the molecule is Cc1ccc(C(O)=C2C(=O)C(=O)N(C[C@H](C)O)[C@H]2c2ccccn2)cc1. The van der Waals surface area contributed by atoms with Gasteiger partial charge in [-0.2, -0.15) is 0 Å². The Morgan fingerprint density at radius 1 is 1.19 bits per heavy atom. The van der Waals surface area contributed by atoms with Crippen LogP contribution in [0.1, 0.15) is 29.8 Å². The predicted octanol–water partition coefficient (Wildman–Crippen LogP) is 2.19. The molecule has 134 valence electrons. The van der Waals surface area contributed by atoms with Gasteiger partial charge in [-0.15, -0.1) is 0 Å². The highest BCUT2D eigenvalue weighted by molar-refractivity contribution is 6.46. The first-order valence-corrected chi connectivity index (χ1v) is 8.34. The molecule has 26 heavy (non-hydrogen) atoms. The maximum absolute atomic E-state index is 12.6. The van der Waals surface area contributed by atoms with Gasteiger partial charge in [0.15, 0.2) is 0 Å². The van der Waals surface area contributed by atoms with Gasteiger partial charge in [0.2, 0.25) is 0 Å². The number of nitrogens with zero attached hydrogens (tertiary/aromatic N) is 2. The van der Waals surface area contributed by atoms with Gasteiger partial charge in [0.05, 0.1) is 17.4 Å². The number of aliphatic hydroxyl groups excluding tert-OH is 2. The molecule has 1 aliphatic rings. The maximum Gasteiger partial charge on any atom is 0.295 e. The molecule has 0 spiro atoms. The highest BCUT2D eigenvalue weighted by Crippen LogP contribution is 2.38. The molecule has 2 heterocycles. The van der Waals surface area contributed by atoms with E-state index in [0.717, 1.165) is 5.56 Å². The summed E-state index contributed by atoms with van der Waals surface area (Å²) in [5.41, 5.74) is 1.91. The van der Waals surface area contributed by atoms with Crippen LogP contribution in [0.4, 0.5) is 0 Å². The molecule has 6 nitrogen and oxygen atoms in total. The summed E-state index contributed by atoms with van der Waals surface area (Å²) in [7, 11) is 0. The van der Waals surface area contributed by atoms with E-state index in [1.165, 1.54) is 11.8 Å². The van der Waals surface area contributed by atoms with E-state index in [1.54, 1.807) is 36.5 Å². The number of benzene rings is 1. The first-order valence-electron chi connectivity index (χ1n) is 8.34. The summed E-state index contributed by atoms with van der Waals surface area (Å²) >= 11 is 0. The molecule has 1 aromatic heterocycles. The van der Waals surface area contributed by atoms with Gasteiger partial charge in [-0.05, 0) is 26.0 Å². The Labute approximate surface area is 151 Å². The van der Waals surface area contributed by atoms with Crippen LogP contribution in [-0.4, -0.2) is 44.4 Å². The van der Waals surface area contributed by atoms with Crippen molar-refractivity contribution in [3.63, 3.8) is 0 Å². The molecular weight excluding hydrogens is 332 g/mol. The number of β-amino-alcohol motifs (C(OH)–C–C–N with tert-alkyl or cyclic N) is 1. The minimum atomic E-state index is -0.841. The number of hydrogen-bond donors (Lipinski definition) is 2. The lowest BCUT2D eigenvalue weighted by Gasteiger charge is -2.25. The van der Waals surface area contributed by atoms with E-state index in [0.29, 0.717) is 11.3 Å². The molecule has 1 saturated heterocycles. The number of likely N-dealkylation sites (tertiary alicyclic amines) is 1. The van der Waals surface area contributed by atoms with Crippen LogP contribution in [0.15, 0.2) is 54.2 Å². The monoisotopic (exact) mass is 352 g/mol. The number of Topliss-reactive ketones (excluding diaryl/α,β-unsaturated/α-hetero) is 1. The first-order chi connectivity index (χ1) is 12.4. The fourth-order valence-electron chi connectivity index (χ4n) is 3.07. The first kappa shape index (κ1) is 17.8. The standard InChI is InChI=1S/C20H20N2O4/c1-12-6-8-14(9-7-12)18(24)16-17(15-5-3-4-10-21-15)22(11-13(2)23)20(26)19(16)25/h3-10,13,17,23-24H,11H2,1-2H3/t13-,17-/m0/s1. The largest absolute Gasteiger partial charge is 0.507 e. The van der Waals surface area contributed by atoms with Gasteiger partial charge in [-0.1, -0.05) is 35.9 Å². The molecule has 6 heteroatoms. The molecule has 2 N–H and O–H groups in total. The Kier molecular flexibility index (Phi) is 4.86. The molecular formula is C20H20N2O4. The normalized spacial score (nSPS) is 20.4. The zero-order chi connectivity index (χ0) is 18.8. The number of carbonyl (C=O) groups excluding carboxylic acids is 2. The lowest BCUT2D eigenvalue weighted by Crippen LogP contribution is -2.35. The number of ketones is 1. The molecule has 0 unspecified atom stereocenters. The number of rotatable bonds is 4. The van der Waals surface area contributed by atoms with Gasteiger partial charge < -0.3 is 15.1 Å². The number of carbonyl (C=O) groups is 2. The van der Waals surface area contributed by atoms with Crippen LogP contribution >= 0.6 is 0 Å². The second-order valence-electron chi connectivity index (χ2n) is 6.42. The third-order valence-corrected chi connectivity index (χ3v) is 4.29. The summed E-state index contributed by atoms with van der Waals surface area (Å²) in [5.74, 6) is -1.78. The third-order valence-electron chi connectivity index (χ3n) is 4.29. The lowest BCUT2D eigenvalue weighted by molar-refractivity contribution is -0.140. The Hall–Kier alpha value is -2.99. The molecule has 0 saturated carbocycles. The minimum absolute atomic E-state index is 0.0156. The smallest absolute Gasteiger partial charge is 0.295 e. The van der Waals surface area contributed by atoms with Crippen molar-refractivity contribution in [2.75, 3.05) is 6.54 Å². The zero-order valence-electron chi connectivity index (χ0n) is 14.6. The van der Waals surface area contributed by atoms with Crippen molar-refractivity contribution in [1.29, 1.82) is 0 Å². The van der Waals surface area contributed by atoms with Crippen molar-refractivity contribution in [1.82, 2.24) is 9.88 Å². The van der Waals surface area contributed by atoms with Gasteiger partial charge in [0.1, 0.15) is 11.8 Å². The van der Waals surface area contributed by atoms with E-state index in [1.807, 2.05) is 19.1 Å². The number of aromatic nitrogens is 1. The van der Waals surface area contributed by atoms with E-state index < -0.39 is 23.8 Å². The van der Waals surface area contributed by atoms with Gasteiger partial charge in [-0.3, -0.25) is 14.6 Å². The van der Waals surface area contributed by atoms with E-state index >= 15 is 0 Å². The summed E-state index contributed by atoms with van der Waals surface area (Å²) in [5, 5.41) is 20.5. The Morgan fingerprint density at radius 2 is 1.88 bits per heavy atom. The van der Waals surface area contributed by atoms with Crippen LogP contribution in [0, 0.1) is 6.92 Å². The van der Waals surface area contributed by atoms with Gasteiger partial charge in [0.25, 0.3) is 11.7 Å². The molecule has 2 aromatic rings. The molecule has 0 aliphatic carbocycles. The average molecular weight is 352 g/mol. The zero-order valence-corrected chi connectivity index (χ0v) is 14.6. The summed E-state index contributed by atoms with van der Waals surface area (Å²) in [6.45, 7) is 3.42. The van der Waals surface area contributed by atoms with Gasteiger partial charge in [-0.25, -0.2) is 0 Å². The maximum atomic E-state index is 12.6. The number of pyridine rings is 1. The van der Waals surface area contributed by atoms with E-state index in [4.69, 9.17) is 0 Å². The second kappa shape index (κ2) is 7.09. The molecule has 1 aromatic carbocycles. The highest BCUT2D eigenvalue weighted by atomic mass is 16.3. The van der Waals surface area contributed by atoms with Gasteiger partial charge in [0, 0.05) is 18.3 Å². The Bertz CT molecular complexity index is 857. The van der Waals surface area contributed by atoms with E-state index in [9.17, 15) is 19.8 Å². The summed E-state index contributed by atoms with van der Waals surface area (Å²) in [6.07, 6.45) is 0.739. The van der Waals surface area contributed by atoms with E-state index in [2.05, 4.69) is 4.98 Å². The fourth-order valence-corrected chi connectivity index (χ4v) is 3.07. The van der Waals surface area contributed by atoms with Crippen LogP contribution in [0.25, 0.3) is 5.76 Å². The van der Waals surface area contributed by atoms with Crippen molar-refractivity contribution in [2.24, 2.45) is 0 Å². The van der Waals surface area contributed by atoms with E-state index in [-0.39, 0.29) is 17.9 Å². The number of hydrogen-bond acceptors (Lipinski definition) is 5. The number of amides is 1. The Morgan fingerprint density at radius 3 is 2.46 bits per heavy atom. The topological polar surface area (TPSA) is 90.7 Å². The van der Waals surface area contributed by atoms with Crippen LogP contribution in [-0.2, 0) is 9.59 Å². The molecule has 1 amide bonds.